The largest absolute Gasteiger partial charge is 0.478 e. The Bertz CT molecular complexity index is 1620. The summed E-state index contributed by atoms with van der Waals surface area (Å²) in [6.07, 6.45) is 0.451. The van der Waals surface area contributed by atoms with Gasteiger partial charge in [0.2, 0.25) is 5.36 Å². The van der Waals surface area contributed by atoms with Gasteiger partial charge in [0, 0.05) is 35.7 Å². The molecule has 1 heterocycles. The third kappa shape index (κ3) is 4.98. The van der Waals surface area contributed by atoms with Crippen LogP contribution in [-0.2, 0) is 14.4 Å². The molecule has 0 bridgehead atoms. The van der Waals surface area contributed by atoms with Gasteiger partial charge in [0.15, 0.2) is 0 Å². The molecule has 1 N–H and O–H groups in total. The van der Waals surface area contributed by atoms with Crippen LogP contribution in [0.4, 0.5) is 5.69 Å². The average molecular weight is 510 g/mol. The van der Waals surface area contributed by atoms with Crippen molar-refractivity contribution in [1.29, 1.82) is 0 Å². The van der Waals surface area contributed by atoms with Crippen molar-refractivity contribution in [3.05, 3.63) is 71.1 Å². The van der Waals surface area contributed by atoms with Gasteiger partial charge in [-0.3, -0.25) is 0 Å². The van der Waals surface area contributed by atoms with Crippen molar-refractivity contribution in [3.8, 4) is 22.5 Å². The predicted molar refractivity (Wildman–Crippen MR) is 141 cm³/mol. The number of hydrogen-bond acceptors (Lipinski definition) is 6. The monoisotopic (exact) mass is 509 g/mol. The first-order valence-corrected chi connectivity index (χ1v) is 13.1. The van der Waals surface area contributed by atoms with Crippen LogP contribution in [0.15, 0.2) is 59.0 Å². The van der Waals surface area contributed by atoms with Crippen LogP contribution >= 0.6 is 0 Å². The van der Waals surface area contributed by atoms with Crippen LogP contribution in [0.5, 0.6) is 0 Å². The van der Waals surface area contributed by atoms with E-state index in [9.17, 15) is 18.3 Å². The second-order valence-corrected chi connectivity index (χ2v) is 10.6. The third-order valence-corrected chi connectivity index (χ3v) is 7.35. The van der Waals surface area contributed by atoms with Crippen LogP contribution < -0.4 is 15.0 Å². The van der Waals surface area contributed by atoms with Gasteiger partial charge in [-0.05, 0) is 54.8 Å². The second kappa shape index (κ2) is 9.75. The lowest BCUT2D eigenvalue weighted by molar-refractivity contribution is 0.0696. The molecule has 36 heavy (non-hydrogen) atoms. The Kier molecular flexibility index (Phi) is 6.88. The summed E-state index contributed by atoms with van der Waals surface area (Å²) in [5, 5.41) is 12.4. The topological polar surface area (TPSA) is 100 Å². The fraction of sp³-hybridized carbons (Fsp3) is 0.259. The van der Waals surface area contributed by atoms with Gasteiger partial charge < -0.3 is 9.52 Å². The summed E-state index contributed by atoms with van der Waals surface area (Å²) < 4.78 is 37.9. The molecule has 0 spiro atoms. The highest BCUT2D eigenvalue weighted by atomic mass is 32.2. The van der Waals surface area contributed by atoms with Crippen LogP contribution in [0.3, 0.4) is 0 Å². The van der Waals surface area contributed by atoms with Crippen LogP contribution in [-0.4, -0.2) is 46.4 Å². The molecule has 2 aromatic rings. The van der Waals surface area contributed by atoms with E-state index in [-0.39, 0.29) is 11.3 Å². The Morgan fingerprint density at radius 3 is 2.42 bits per heavy atom. The summed E-state index contributed by atoms with van der Waals surface area (Å²) in [7, 11) is 1.72. The Morgan fingerprint density at radius 1 is 1.06 bits per heavy atom. The number of anilines is 1. The van der Waals surface area contributed by atoms with Crippen LogP contribution in [0.2, 0.25) is 0 Å². The Labute approximate surface area is 210 Å². The SMILES string of the molecule is CCCS(=O)(=O)ON(C)c1ccc2c(-c3ccc(C(=O)O)cc3C)c3ccc(=[N+](C)C)cc-3oc2c1. The Morgan fingerprint density at radius 2 is 1.78 bits per heavy atom. The number of rotatable bonds is 7. The number of fused-ring (bicyclic) bond motifs is 2. The van der Waals surface area contributed by atoms with Crippen LogP contribution in [0.25, 0.3) is 33.4 Å². The van der Waals surface area contributed by atoms with Crippen molar-refractivity contribution < 1.29 is 27.0 Å². The molecule has 2 aromatic carbocycles. The van der Waals surface area contributed by atoms with Gasteiger partial charge in [0.1, 0.15) is 25.4 Å². The summed E-state index contributed by atoms with van der Waals surface area (Å²) in [5.74, 6) is -0.420. The number of carboxylic acids is 1. The van der Waals surface area contributed by atoms with Gasteiger partial charge in [0.25, 0.3) is 10.1 Å². The maximum atomic E-state index is 12.2. The number of benzene rings is 3. The lowest BCUT2D eigenvalue weighted by atomic mass is 9.90. The van der Waals surface area contributed by atoms with E-state index in [2.05, 4.69) is 0 Å². The zero-order valence-corrected chi connectivity index (χ0v) is 21.7. The maximum Gasteiger partial charge on any atom is 0.335 e. The smallest absolute Gasteiger partial charge is 0.335 e. The fourth-order valence-corrected chi connectivity index (χ4v) is 5.21. The minimum atomic E-state index is -3.71. The van der Waals surface area contributed by atoms with Crippen molar-refractivity contribution in [2.75, 3.05) is 32.0 Å². The van der Waals surface area contributed by atoms with E-state index in [1.165, 1.54) is 12.1 Å². The lowest BCUT2D eigenvalue weighted by Gasteiger charge is -2.20. The quantitative estimate of drug-likeness (QED) is 0.225. The van der Waals surface area contributed by atoms with E-state index in [1.54, 1.807) is 31.2 Å². The van der Waals surface area contributed by atoms with Crippen molar-refractivity contribution in [3.63, 3.8) is 0 Å². The highest BCUT2D eigenvalue weighted by molar-refractivity contribution is 7.86. The zero-order valence-electron chi connectivity index (χ0n) is 20.9. The summed E-state index contributed by atoms with van der Waals surface area (Å²) in [5.41, 5.74) is 4.74. The number of hydroxylamine groups is 1. The van der Waals surface area contributed by atoms with E-state index in [0.717, 1.165) is 33.0 Å². The number of carboxylic acid groups (broad SMARTS) is 1. The molecule has 0 amide bonds. The summed E-state index contributed by atoms with van der Waals surface area (Å²) in [4.78, 5) is 11.5. The number of nitrogens with zero attached hydrogens (tertiary/aromatic N) is 2. The molecule has 1 aliphatic carbocycles. The highest BCUT2D eigenvalue weighted by Crippen LogP contribution is 2.42. The Balaban J connectivity index is 1.98. The van der Waals surface area contributed by atoms with Gasteiger partial charge in [0.05, 0.1) is 23.1 Å². The molecule has 0 atom stereocenters. The van der Waals surface area contributed by atoms with Gasteiger partial charge in [-0.25, -0.2) is 14.4 Å². The van der Waals surface area contributed by atoms with E-state index in [0.29, 0.717) is 23.5 Å². The van der Waals surface area contributed by atoms with Gasteiger partial charge in [-0.15, -0.1) is 4.28 Å². The molecule has 0 aromatic heterocycles. The first-order chi connectivity index (χ1) is 17.0. The van der Waals surface area contributed by atoms with Gasteiger partial charge in [-0.2, -0.15) is 8.42 Å². The normalized spacial score (nSPS) is 11.7. The average Bonchev–Trinajstić information content (AvgIpc) is 2.81. The van der Waals surface area contributed by atoms with Crippen LogP contribution in [0.1, 0.15) is 29.3 Å². The van der Waals surface area contributed by atoms with Gasteiger partial charge >= 0.3 is 5.97 Å². The molecule has 4 rings (SSSR count). The van der Waals surface area contributed by atoms with E-state index in [4.69, 9.17) is 8.70 Å². The molecule has 0 unspecified atom stereocenters. The van der Waals surface area contributed by atoms with E-state index in [1.807, 2.05) is 55.9 Å². The fourth-order valence-electron chi connectivity index (χ4n) is 4.21. The Hall–Kier alpha value is -3.69. The first kappa shape index (κ1) is 25.4. The van der Waals surface area contributed by atoms with Crippen molar-refractivity contribution in [2.24, 2.45) is 0 Å². The molecule has 8 nitrogen and oxygen atoms in total. The van der Waals surface area contributed by atoms with Crippen molar-refractivity contribution >= 4 is 32.7 Å². The highest BCUT2D eigenvalue weighted by Gasteiger charge is 2.21. The molecule has 0 saturated carbocycles. The summed E-state index contributed by atoms with van der Waals surface area (Å²) >= 11 is 0. The molecular formula is C27H29N2O6S+. The van der Waals surface area contributed by atoms with Crippen LogP contribution in [0, 0.1) is 6.92 Å². The molecule has 0 fully saturated rings. The van der Waals surface area contributed by atoms with Crippen molar-refractivity contribution in [2.45, 2.75) is 20.3 Å². The minimum Gasteiger partial charge on any atom is -0.478 e. The number of aromatic carboxylic acids is 1. The van der Waals surface area contributed by atoms with E-state index >= 15 is 0 Å². The van der Waals surface area contributed by atoms with E-state index < -0.39 is 16.1 Å². The maximum absolute atomic E-state index is 12.2. The molecule has 0 saturated heterocycles. The molecular weight excluding hydrogens is 480 g/mol. The third-order valence-electron chi connectivity index (χ3n) is 5.99. The zero-order chi connectivity index (χ0) is 26.2. The number of aryl methyl sites for hydroxylation is 1. The first-order valence-electron chi connectivity index (χ1n) is 11.5. The number of hydrogen-bond donors (Lipinski definition) is 1. The summed E-state index contributed by atoms with van der Waals surface area (Å²) in [6.45, 7) is 3.65. The van der Waals surface area contributed by atoms with Crippen molar-refractivity contribution in [1.82, 2.24) is 4.58 Å². The molecule has 2 aliphatic rings. The minimum absolute atomic E-state index is 0.0803. The molecule has 188 valence electrons. The van der Waals surface area contributed by atoms with Gasteiger partial charge in [-0.1, -0.05) is 13.0 Å². The second-order valence-electron chi connectivity index (χ2n) is 8.90. The summed E-state index contributed by atoms with van der Waals surface area (Å²) in [6, 6.07) is 16.4. The number of carbonyl (C=O) groups is 1. The predicted octanol–water partition coefficient (Wildman–Crippen LogP) is 4.35. The lowest BCUT2D eigenvalue weighted by Crippen LogP contribution is -2.24. The molecule has 0 radical (unpaired) electrons. The molecule has 9 heteroatoms. The standard InChI is InChI=1S/C27H28N2O6S/c1-6-13-36(32,33)35-29(5)20-9-12-23-25(16-20)34-24-15-19(28(3)4)8-11-22(24)26(23)21-10-7-18(27(30)31)14-17(21)2/h7-12,14-16H,6,13H2,1-5H3/p+1. The molecule has 1 aliphatic heterocycles.